The summed E-state index contributed by atoms with van der Waals surface area (Å²) in [6.07, 6.45) is 2.84. The van der Waals surface area contributed by atoms with E-state index in [1.165, 1.54) is 11.8 Å². The number of carbonyl (C=O) groups is 2. The monoisotopic (exact) mass is 459 g/mol. The van der Waals surface area contributed by atoms with Gasteiger partial charge in [-0.15, -0.1) is 0 Å². The number of hydrogen-bond donors (Lipinski definition) is 1. The van der Waals surface area contributed by atoms with Crippen molar-refractivity contribution >= 4 is 58.0 Å². The molecule has 5 nitrogen and oxygen atoms in total. The highest BCUT2D eigenvalue weighted by atomic mass is 32.2. The predicted molar refractivity (Wildman–Crippen MR) is 125 cm³/mol. The molecule has 1 fully saturated rings. The van der Waals surface area contributed by atoms with E-state index in [9.17, 15) is 9.59 Å². The van der Waals surface area contributed by atoms with E-state index in [1.807, 2.05) is 54.6 Å². The number of carbonyl (C=O) groups excluding carboxylic acids is 2. The van der Waals surface area contributed by atoms with Crippen LogP contribution in [0.5, 0.6) is 5.75 Å². The number of rotatable bonds is 9. The van der Waals surface area contributed by atoms with Crippen molar-refractivity contribution < 1.29 is 19.1 Å². The number of ether oxygens (including phenoxy) is 2. The quantitative estimate of drug-likeness (QED) is 0.244. The zero-order valence-corrected chi connectivity index (χ0v) is 18.8. The van der Waals surface area contributed by atoms with Crippen LogP contribution >= 0.6 is 35.7 Å². The molecule has 0 bridgehead atoms. The molecule has 0 atom stereocenters. The van der Waals surface area contributed by atoms with Crippen LogP contribution < -0.4 is 10.1 Å². The van der Waals surface area contributed by atoms with Crippen molar-refractivity contribution in [3.63, 3.8) is 0 Å². The number of thioether (sulfide) groups is 1. The number of esters is 1. The molecular formula is C22H21NO4S3. The van der Waals surface area contributed by atoms with Gasteiger partial charge in [0.05, 0.1) is 18.1 Å². The fourth-order valence-corrected chi connectivity index (χ4v) is 4.58. The lowest BCUT2D eigenvalue weighted by Gasteiger charge is -2.09. The largest absolute Gasteiger partial charge is 0.494 e. The molecule has 156 valence electrons. The maximum atomic E-state index is 11.9. The summed E-state index contributed by atoms with van der Waals surface area (Å²) in [4.78, 5) is 26.0. The first-order valence-corrected chi connectivity index (χ1v) is 11.5. The normalized spacial score (nSPS) is 14.6. The van der Waals surface area contributed by atoms with Gasteiger partial charge < -0.3 is 14.8 Å². The van der Waals surface area contributed by atoms with E-state index in [0.29, 0.717) is 35.3 Å². The van der Waals surface area contributed by atoms with Gasteiger partial charge in [-0.25, -0.2) is 0 Å². The van der Waals surface area contributed by atoms with Gasteiger partial charge in [0.1, 0.15) is 10.1 Å². The van der Waals surface area contributed by atoms with Crippen LogP contribution in [0.2, 0.25) is 0 Å². The second-order valence-corrected chi connectivity index (χ2v) is 9.05. The Hall–Kier alpha value is -2.29. The minimum absolute atomic E-state index is 0.158. The molecule has 0 saturated carbocycles. The van der Waals surface area contributed by atoms with E-state index >= 15 is 0 Å². The van der Waals surface area contributed by atoms with Crippen LogP contribution in [-0.2, 0) is 14.3 Å². The molecule has 1 aliphatic heterocycles. The molecule has 30 heavy (non-hydrogen) atoms. The number of benzene rings is 2. The van der Waals surface area contributed by atoms with Crippen molar-refractivity contribution in [3.8, 4) is 5.75 Å². The molecule has 0 spiro atoms. The van der Waals surface area contributed by atoms with Gasteiger partial charge in [-0.2, -0.15) is 0 Å². The lowest BCUT2D eigenvalue weighted by atomic mass is 10.2. The van der Waals surface area contributed by atoms with E-state index in [-0.39, 0.29) is 11.9 Å². The molecule has 2 aromatic carbocycles. The second-order valence-electron chi connectivity index (χ2n) is 6.22. The van der Waals surface area contributed by atoms with Gasteiger partial charge >= 0.3 is 5.97 Å². The van der Waals surface area contributed by atoms with Crippen molar-refractivity contribution in [2.75, 3.05) is 13.2 Å². The Kier molecular flexibility index (Phi) is 8.36. The van der Waals surface area contributed by atoms with E-state index in [0.717, 1.165) is 21.1 Å². The maximum absolute atomic E-state index is 11.9. The summed E-state index contributed by atoms with van der Waals surface area (Å²) in [5.41, 5.74) is 0.962. The van der Waals surface area contributed by atoms with Gasteiger partial charge in [-0.3, -0.25) is 9.59 Å². The van der Waals surface area contributed by atoms with Gasteiger partial charge in [0, 0.05) is 16.2 Å². The minimum Gasteiger partial charge on any atom is -0.494 e. The highest BCUT2D eigenvalue weighted by Crippen LogP contribution is 2.34. The molecule has 0 aromatic heterocycles. The van der Waals surface area contributed by atoms with Gasteiger partial charge in [0.25, 0.3) is 5.91 Å². The van der Waals surface area contributed by atoms with Crippen LogP contribution in [0.25, 0.3) is 6.08 Å². The van der Waals surface area contributed by atoms with Crippen LogP contribution in [0.1, 0.15) is 25.3 Å². The zero-order valence-electron chi connectivity index (χ0n) is 16.4. The summed E-state index contributed by atoms with van der Waals surface area (Å²) in [7, 11) is 0. The van der Waals surface area contributed by atoms with E-state index < -0.39 is 0 Å². The average Bonchev–Trinajstić information content (AvgIpc) is 3.05. The average molecular weight is 460 g/mol. The zero-order chi connectivity index (χ0) is 21.3. The summed E-state index contributed by atoms with van der Waals surface area (Å²) in [5, 5.41) is 2.64. The Morgan fingerprint density at radius 2 is 1.97 bits per heavy atom. The van der Waals surface area contributed by atoms with Crippen LogP contribution in [0.3, 0.4) is 0 Å². The smallest absolute Gasteiger partial charge is 0.305 e. The summed E-state index contributed by atoms with van der Waals surface area (Å²) in [6, 6.07) is 15.7. The molecule has 1 amide bonds. The van der Waals surface area contributed by atoms with Crippen molar-refractivity contribution in [2.45, 2.75) is 29.6 Å². The number of nitrogens with one attached hydrogen (secondary N) is 1. The third-order valence-electron chi connectivity index (χ3n) is 4.00. The standard InChI is InChI=1S/C22H21NO4S3/c1-2-26-20(24)8-5-13-27-16-9-11-17(12-10-16)29-18-7-4-3-6-15(18)14-19-21(25)23-22(28)30-19/h3-4,6-7,9-12,14H,2,5,8,13H2,1H3,(H,23,25,28). The summed E-state index contributed by atoms with van der Waals surface area (Å²) < 4.78 is 11.1. The third-order valence-corrected chi connectivity index (χ3v) is 6.26. The van der Waals surface area contributed by atoms with Crippen molar-refractivity contribution in [2.24, 2.45) is 0 Å². The molecule has 3 rings (SSSR count). The first-order valence-electron chi connectivity index (χ1n) is 9.45. The maximum Gasteiger partial charge on any atom is 0.305 e. The molecule has 1 heterocycles. The third kappa shape index (κ3) is 6.62. The van der Waals surface area contributed by atoms with Gasteiger partial charge in [-0.05, 0) is 55.3 Å². The van der Waals surface area contributed by atoms with E-state index in [4.69, 9.17) is 21.7 Å². The fourth-order valence-electron chi connectivity index (χ4n) is 2.63. The molecule has 1 aliphatic rings. The summed E-state index contributed by atoms with van der Waals surface area (Å²) in [6.45, 7) is 2.66. The summed E-state index contributed by atoms with van der Waals surface area (Å²) in [5.74, 6) is 0.400. The fraction of sp³-hybridized carbons (Fsp3) is 0.227. The van der Waals surface area contributed by atoms with Crippen molar-refractivity contribution in [1.82, 2.24) is 5.32 Å². The molecule has 1 N–H and O–H groups in total. The molecule has 1 saturated heterocycles. The Bertz CT molecular complexity index is 957. The van der Waals surface area contributed by atoms with Crippen LogP contribution in [0.15, 0.2) is 63.2 Å². The Morgan fingerprint density at radius 3 is 2.67 bits per heavy atom. The highest BCUT2D eigenvalue weighted by molar-refractivity contribution is 8.26. The number of thiocarbonyl (C=S) groups is 1. The molecular weight excluding hydrogens is 438 g/mol. The second kappa shape index (κ2) is 11.2. The summed E-state index contributed by atoms with van der Waals surface area (Å²) >= 11 is 7.94. The van der Waals surface area contributed by atoms with Gasteiger partial charge in [0.15, 0.2) is 0 Å². The van der Waals surface area contributed by atoms with E-state index in [1.54, 1.807) is 18.7 Å². The Balaban J connectivity index is 1.58. The van der Waals surface area contributed by atoms with Gasteiger partial charge in [0.2, 0.25) is 0 Å². The SMILES string of the molecule is CCOC(=O)CCCOc1ccc(Sc2ccccc2C=C2SC(=S)NC2=O)cc1. The minimum atomic E-state index is -0.197. The molecule has 8 heteroatoms. The molecule has 0 radical (unpaired) electrons. The molecule has 0 unspecified atom stereocenters. The highest BCUT2D eigenvalue weighted by Gasteiger charge is 2.22. The van der Waals surface area contributed by atoms with E-state index in [2.05, 4.69) is 5.32 Å². The van der Waals surface area contributed by atoms with Crippen molar-refractivity contribution in [1.29, 1.82) is 0 Å². The molecule has 2 aromatic rings. The lowest BCUT2D eigenvalue weighted by molar-refractivity contribution is -0.143. The van der Waals surface area contributed by atoms with Crippen LogP contribution in [-0.4, -0.2) is 29.4 Å². The predicted octanol–water partition coefficient (Wildman–Crippen LogP) is 5.05. The van der Waals surface area contributed by atoms with Crippen LogP contribution in [0, 0.1) is 0 Å². The van der Waals surface area contributed by atoms with Crippen LogP contribution in [0.4, 0.5) is 0 Å². The lowest BCUT2D eigenvalue weighted by Crippen LogP contribution is -2.17. The Labute approximate surface area is 189 Å². The van der Waals surface area contributed by atoms with Gasteiger partial charge in [-0.1, -0.05) is 53.9 Å². The van der Waals surface area contributed by atoms with Crippen molar-refractivity contribution in [3.05, 3.63) is 59.0 Å². The number of amides is 1. The topological polar surface area (TPSA) is 64.6 Å². The molecule has 0 aliphatic carbocycles. The Morgan fingerprint density at radius 1 is 1.20 bits per heavy atom. The number of hydrogen-bond acceptors (Lipinski definition) is 7. The first-order chi connectivity index (χ1) is 14.5. The first kappa shape index (κ1) is 22.4.